The summed E-state index contributed by atoms with van der Waals surface area (Å²) in [6.07, 6.45) is 1.35. The molecule has 4 rings (SSSR count). The fourth-order valence-electron chi connectivity index (χ4n) is 4.72. The van der Waals surface area contributed by atoms with E-state index in [0.717, 1.165) is 11.1 Å². The van der Waals surface area contributed by atoms with Crippen LogP contribution in [-0.2, 0) is 14.8 Å². The van der Waals surface area contributed by atoms with E-state index in [1.807, 2.05) is 62.1 Å². The Hall–Kier alpha value is -2.93. The minimum Gasteiger partial charge on any atom is -0.356 e. The minimum atomic E-state index is -3.75. The number of carbonyl (C=O) groups is 1. The molecule has 1 amide bonds. The SMILES string of the molecule is CC1=C(c2ccc(C)c(C)c2)S(=O)(=O)N=C1N1CCC(C(=O)NC[C@@H](C)c2ccccc2)CC1. The van der Waals surface area contributed by atoms with Gasteiger partial charge in [-0.2, -0.15) is 8.42 Å². The Morgan fingerprint density at radius 3 is 2.38 bits per heavy atom. The zero-order chi connectivity index (χ0) is 24.5. The average molecular weight is 480 g/mol. The summed E-state index contributed by atoms with van der Waals surface area (Å²) >= 11 is 0. The number of hydrogen-bond donors (Lipinski definition) is 1. The molecule has 2 aromatic rings. The molecular formula is C27H33N3O3S. The topological polar surface area (TPSA) is 78.8 Å². The first-order valence-corrected chi connectivity index (χ1v) is 13.3. The number of rotatable bonds is 5. The van der Waals surface area contributed by atoms with Crippen LogP contribution in [0.5, 0.6) is 0 Å². The lowest BCUT2D eigenvalue weighted by molar-refractivity contribution is -0.126. The monoisotopic (exact) mass is 479 g/mol. The number of sulfonamides is 1. The number of amidine groups is 1. The lowest BCUT2D eigenvalue weighted by Crippen LogP contribution is -2.43. The van der Waals surface area contributed by atoms with E-state index in [1.165, 1.54) is 5.56 Å². The van der Waals surface area contributed by atoms with Crippen LogP contribution < -0.4 is 5.32 Å². The van der Waals surface area contributed by atoms with E-state index in [-0.39, 0.29) is 17.7 Å². The molecule has 7 heteroatoms. The van der Waals surface area contributed by atoms with Crippen molar-refractivity contribution < 1.29 is 13.2 Å². The Balaban J connectivity index is 1.39. The molecule has 1 fully saturated rings. The maximum Gasteiger partial charge on any atom is 0.285 e. The second-order valence-corrected chi connectivity index (χ2v) is 11.0. The van der Waals surface area contributed by atoms with Gasteiger partial charge in [0.25, 0.3) is 10.0 Å². The normalized spacial score (nSPS) is 19.2. The van der Waals surface area contributed by atoms with Gasteiger partial charge in [0.05, 0.1) is 0 Å². The second-order valence-electron chi connectivity index (χ2n) is 9.46. The number of likely N-dealkylation sites (tertiary alicyclic amines) is 1. The Morgan fingerprint density at radius 1 is 1.06 bits per heavy atom. The predicted octanol–water partition coefficient (Wildman–Crippen LogP) is 4.41. The van der Waals surface area contributed by atoms with Gasteiger partial charge in [0, 0.05) is 31.1 Å². The molecule has 0 bridgehead atoms. The highest BCUT2D eigenvalue weighted by atomic mass is 32.2. The zero-order valence-electron chi connectivity index (χ0n) is 20.3. The van der Waals surface area contributed by atoms with Crippen molar-refractivity contribution in [1.29, 1.82) is 0 Å². The van der Waals surface area contributed by atoms with Crippen LogP contribution in [0.25, 0.3) is 4.91 Å². The van der Waals surface area contributed by atoms with E-state index < -0.39 is 10.0 Å². The number of nitrogens with zero attached hydrogens (tertiary/aromatic N) is 2. The number of benzene rings is 2. The molecule has 1 saturated heterocycles. The molecule has 0 aromatic heterocycles. The van der Waals surface area contributed by atoms with Crippen LogP contribution in [0.4, 0.5) is 0 Å². The van der Waals surface area contributed by atoms with E-state index in [2.05, 4.69) is 28.8 Å². The van der Waals surface area contributed by atoms with Crippen LogP contribution >= 0.6 is 0 Å². The molecule has 2 aliphatic rings. The highest BCUT2D eigenvalue weighted by molar-refractivity contribution is 8.00. The zero-order valence-corrected chi connectivity index (χ0v) is 21.2. The lowest BCUT2D eigenvalue weighted by atomic mass is 9.94. The Kier molecular flexibility index (Phi) is 6.94. The summed E-state index contributed by atoms with van der Waals surface area (Å²) in [7, 11) is -3.75. The Labute approximate surface area is 202 Å². The Morgan fingerprint density at radius 2 is 1.74 bits per heavy atom. The highest BCUT2D eigenvalue weighted by Gasteiger charge is 2.35. The van der Waals surface area contributed by atoms with Gasteiger partial charge in [-0.1, -0.05) is 55.5 Å². The maximum atomic E-state index is 12.9. The maximum absolute atomic E-state index is 12.9. The van der Waals surface area contributed by atoms with Crippen molar-refractivity contribution in [3.05, 3.63) is 76.4 Å². The third-order valence-corrected chi connectivity index (χ3v) is 8.50. The van der Waals surface area contributed by atoms with E-state index in [9.17, 15) is 13.2 Å². The lowest BCUT2D eigenvalue weighted by Gasteiger charge is -2.33. The summed E-state index contributed by atoms with van der Waals surface area (Å²) in [4.78, 5) is 15.1. The van der Waals surface area contributed by atoms with Gasteiger partial charge in [-0.25, -0.2) is 0 Å². The molecule has 2 aromatic carbocycles. The molecule has 0 spiro atoms. The van der Waals surface area contributed by atoms with Crippen molar-refractivity contribution in [2.75, 3.05) is 19.6 Å². The summed E-state index contributed by atoms with van der Waals surface area (Å²) in [5.41, 5.74) is 4.75. The van der Waals surface area contributed by atoms with Crippen molar-refractivity contribution in [3.63, 3.8) is 0 Å². The molecule has 1 N–H and O–H groups in total. The largest absolute Gasteiger partial charge is 0.356 e. The molecule has 180 valence electrons. The molecule has 2 aliphatic heterocycles. The Bertz CT molecular complexity index is 1240. The summed E-state index contributed by atoms with van der Waals surface area (Å²) in [5, 5.41) is 3.10. The van der Waals surface area contributed by atoms with Gasteiger partial charge < -0.3 is 10.2 Å². The summed E-state index contributed by atoms with van der Waals surface area (Å²) in [5.74, 6) is 0.775. The van der Waals surface area contributed by atoms with Gasteiger partial charge >= 0.3 is 0 Å². The molecule has 6 nitrogen and oxygen atoms in total. The fourth-order valence-corrected chi connectivity index (χ4v) is 6.19. The molecule has 0 saturated carbocycles. The third-order valence-electron chi connectivity index (χ3n) is 7.03. The molecule has 1 atom stereocenters. The molecule has 34 heavy (non-hydrogen) atoms. The van der Waals surface area contributed by atoms with Crippen molar-refractivity contribution in [2.24, 2.45) is 10.3 Å². The van der Waals surface area contributed by atoms with Gasteiger partial charge in [0.1, 0.15) is 10.7 Å². The minimum absolute atomic E-state index is 0.0682. The first-order chi connectivity index (χ1) is 16.2. The molecule has 2 heterocycles. The number of nitrogens with one attached hydrogen (secondary N) is 1. The van der Waals surface area contributed by atoms with Crippen LogP contribution in [0, 0.1) is 19.8 Å². The second kappa shape index (κ2) is 9.74. The quantitative estimate of drug-likeness (QED) is 0.689. The van der Waals surface area contributed by atoms with Crippen LogP contribution in [-0.4, -0.2) is 44.7 Å². The van der Waals surface area contributed by atoms with Crippen molar-refractivity contribution in [2.45, 2.75) is 46.5 Å². The van der Waals surface area contributed by atoms with Gasteiger partial charge in [-0.05, 0) is 61.8 Å². The van der Waals surface area contributed by atoms with E-state index in [1.54, 1.807) is 0 Å². The average Bonchev–Trinajstić information content (AvgIpc) is 3.08. The van der Waals surface area contributed by atoms with Gasteiger partial charge in [0.2, 0.25) is 5.91 Å². The molecule has 0 unspecified atom stereocenters. The van der Waals surface area contributed by atoms with Crippen molar-refractivity contribution in [1.82, 2.24) is 10.2 Å². The van der Waals surface area contributed by atoms with Crippen LogP contribution in [0.2, 0.25) is 0 Å². The first kappa shape index (κ1) is 24.2. The number of piperidine rings is 1. The van der Waals surface area contributed by atoms with E-state index >= 15 is 0 Å². The highest BCUT2D eigenvalue weighted by Crippen LogP contribution is 2.35. The molecular weight excluding hydrogens is 446 g/mol. The van der Waals surface area contributed by atoms with Crippen LogP contribution in [0.15, 0.2) is 58.5 Å². The van der Waals surface area contributed by atoms with Crippen molar-refractivity contribution in [3.8, 4) is 0 Å². The van der Waals surface area contributed by atoms with E-state index in [4.69, 9.17) is 0 Å². The van der Waals surface area contributed by atoms with Gasteiger partial charge in [0.15, 0.2) is 0 Å². The smallest absolute Gasteiger partial charge is 0.285 e. The van der Waals surface area contributed by atoms with Crippen LogP contribution in [0.3, 0.4) is 0 Å². The molecule has 0 aliphatic carbocycles. The fraction of sp³-hybridized carbons (Fsp3) is 0.407. The van der Waals surface area contributed by atoms with E-state index in [0.29, 0.717) is 54.4 Å². The standard InChI is InChI=1S/C27H33N3O3S/c1-18-10-11-24(16-19(18)2)25-21(4)26(29-34(25,32)33)30-14-12-23(13-15-30)27(31)28-17-20(3)22-8-6-5-7-9-22/h5-11,16,20,23H,12-15,17H2,1-4H3,(H,28,31)/t20-/m1/s1. The number of hydrogen-bond acceptors (Lipinski definition) is 4. The number of amides is 1. The number of aryl methyl sites for hydroxylation is 2. The summed E-state index contributed by atoms with van der Waals surface area (Å²) < 4.78 is 30.0. The number of carbonyl (C=O) groups excluding carboxylic acids is 1. The third kappa shape index (κ3) is 4.94. The first-order valence-electron chi connectivity index (χ1n) is 11.9. The van der Waals surface area contributed by atoms with Crippen molar-refractivity contribution >= 4 is 26.7 Å². The predicted molar refractivity (Wildman–Crippen MR) is 137 cm³/mol. The molecule has 0 radical (unpaired) electrons. The van der Waals surface area contributed by atoms with Gasteiger partial charge in [-0.15, -0.1) is 4.40 Å². The summed E-state index contributed by atoms with van der Waals surface area (Å²) in [6, 6.07) is 15.9. The summed E-state index contributed by atoms with van der Waals surface area (Å²) in [6.45, 7) is 9.75. The van der Waals surface area contributed by atoms with Gasteiger partial charge in [-0.3, -0.25) is 4.79 Å². The van der Waals surface area contributed by atoms with Crippen LogP contribution in [0.1, 0.15) is 54.9 Å².